The molecule has 98 valence electrons. The Kier molecular flexibility index (Phi) is 3.98. The van der Waals surface area contributed by atoms with Gasteiger partial charge in [0.05, 0.1) is 0 Å². The first-order valence-electron chi connectivity index (χ1n) is 5.82. The fraction of sp³-hybridized carbons (Fsp3) is 0.500. The Balaban J connectivity index is 2.18. The normalized spacial score (nSPS) is 21.9. The molecule has 18 heavy (non-hydrogen) atoms. The predicted octanol–water partition coefficient (Wildman–Crippen LogP) is 1.07. The van der Waals surface area contributed by atoms with Crippen molar-refractivity contribution in [3.63, 3.8) is 0 Å². The molecular formula is C12H15NO4S. The summed E-state index contributed by atoms with van der Waals surface area (Å²) >= 11 is 1.48. The zero-order valence-electron chi connectivity index (χ0n) is 9.78. The van der Waals surface area contributed by atoms with Gasteiger partial charge in [-0.1, -0.05) is 0 Å². The van der Waals surface area contributed by atoms with E-state index in [1.165, 1.54) is 11.3 Å². The van der Waals surface area contributed by atoms with E-state index in [0.717, 1.165) is 10.5 Å². The highest BCUT2D eigenvalue weighted by Crippen LogP contribution is 2.22. The number of thiophene rings is 1. The highest BCUT2D eigenvalue weighted by molar-refractivity contribution is 7.07. The Morgan fingerprint density at radius 2 is 2.39 bits per heavy atom. The predicted molar refractivity (Wildman–Crippen MR) is 66.2 cm³/mol. The van der Waals surface area contributed by atoms with Gasteiger partial charge in [0.15, 0.2) is 0 Å². The van der Waals surface area contributed by atoms with Gasteiger partial charge >= 0.3 is 5.97 Å². The van der Waals surface area contributed by atoms with E-state index >= 15 is 0 Å². The summed E-state index contributed by atoms with van der Waals surface area (Å²) in [7, 11) is 0. The molecule has 2 N–H and O–H groups in total. The molecule has 1 fully saturated rings. The van der Waals surface area contributed by atoms with Gasteiger partial charge in [0, 0.05) is 12.8 Å². The number of carboxylic acid groups (broad SMARTS) is 1. The molecule has 6 heteroatoms. The summed E-state index contributed by atoms with van der Waals surface area (Å²) < 4.78 is 0. The molecule has 1 aromatic rings. The summed E-state index contributed by atoms with van der Waals surface area (Å²) in [5.74, 6) is -1.35. The lowest BCUT2D eigenvalue weighted by molar-refractivity contribution is -0.164. The van der Waals surface area contributed by atoms with Gasteiger partial charge in [0.25, 0.3) is 0 Å². The molecule has 5 nitrogen and oxygen atoms in total. The summed E-state index contributed by atoms with van der Waals surface area (Å²) in [5.41, 5.74) is 0.873. The second kappa shape index (κ2) is 5.49. The highest BCUT2D eigenvalue weighted by Gasteiger charge is 2.36. The first kappa shape index (κ1) is 13.0. The number of piperidine rings is 1. The van der Waals surface area contributed by atoms with Crippen molar-refractivity contribution in [2.75, 3.05) is 0 Å². The molecule has 1 amide bonds. The van der Waals surface area contributed by atoms with Crippen molar-refractivity contribution < 1.29 is 19.8 Å². The molecule has 1 aromatic heterocycles. The molecule has 2 heterocycles. The van der Waals surface area contributed by atoms with E-state index in [-0.39, 0.29) is 12.3 Å². The van der Waals surface area contributed by atoms with Crippen molar-refractivity contribution in [3.8, 4) is 0 Å². The molecular weight excluding hydrogens is 254 g/mol. The summed E-state index contributed by atoms with van der Waals surface area (Å²) in [6, 6.07) is 0.851. The molecule has 1 aliphatic heterocycles. The largest absolute Gasteiger partial charge is 0.480 e. The summed E-state index contributed by atoms with van der Waals surface area (Å²) in [5, 5.41) is 22.8. The van der Waals surface area contributed by atoms with Crippen molar-refractivity contribution in [3.05, 3.63) is 22.4 Å². The molecule has 0 aromatic carbocycles. The van der Waals surface area contributed by atoms with Crippen LogP contribution in [-0.2, 0) is 16.0 Å². The Morgan fingerprint density at radius 3 is 2.94 bits per heavy atom. The van der Waals surface area contributed by atoms with Crippen LogP contribution < -0.4 is 0 Å². The number of hydrogen-bond donors (Lipinski definition) is 2. The van der Waals surface area contributed by atoms with Gasteiger partial charge in [0.2, 0.25) is 5.91 Å². The van der Waals surface area contributed by atoms with E-state index in [2.05, 4.69) is 0 Å². The summed E-state index contributed by atoms with van der Waals surface area (Å²) in [6.07, 6.45) is 0.623. The van der Waals surface area contributed by atoms with Crippen molar-refractivity contribution in [2.24, 2.45) is 0 Å². The first-order chi connectivity index (χ1) is 8.59. The van der Waals surface area contributed by atoms with Gasteiger partial charge < -0.3 is 15.1 Å². The van der Waals surface area contributed by atoms with Crippen LogP contribution in [-0.4, -0.2) is 39.3 Å². The molecule has 2 rings (SSSR count). The minimum absolute atomic E-state index is 0.238. The third kappa shape index (κ3) is 2.70. The second-order valence-corrected chi connectivity index (χ2v) is 5.14. The van der Waals surface area contributed by atoms with E-state index in [4.69, 9.17) is 0 Å². The smallest absolute Gasteiger partial charge is 0.326 e. The number of hydrogen-bond acceptors (Lipinski definition) is 4. The Bertz CT molecular complexity index is 431. The molecule has 1 saturated heterocycles. The SMILES string of the molecule is O=C(O)C(Cc1ccsc1)N1C(=O)CCCC1O. The number of aliphatic carboxylic acids is 1. The maximum Gasteiger partial charge on any atom is 0.326 e. The molecule has 0 radical (unpaired) electrons. The lowest BCUT2D eigenvalue weighted by Gasteiger charge is -2.36. The lowest BCUT2D eigenvalue weighted by Crippen LogP contribution is -2.53. The number of nitrogens with zero attached hydrogens (tertiary/aromatic N) is 1. The molecule has 0 bridgehead atoms. The van der Waals surface area contributed by atoms with Gasteiger partial charge in [-0.3, -0.25) is 4.79 Å². The van der Waals surface area contributed by atoms with Crippen LogP contribution in [0.3, 0.4) is 0 Å². The molecule has 0 aliphatic carbocycles. The standard InChI is InChI=1S/C12H15NO4S/c14-10-2-1-3-11(15)13(10)9(12(16)17)6-8-4-5-18-7-8/h4-5,7,9-10,14H,1-3,6H2,(H,16,17). The fourth-order valence-electron chi connectivity index (χ4n) is 2.19. The number of aliphatic hydroxyl groups excluding tert-OH is 1. The lowest BCUT2D eigenvalue weighted by atomic mass is 10.0. The van der Waals surface area contributed by atoms with Crippen molar-refractivity contribution in [1.29, 1.82) is 0 Å². The maximum absolute atomic E-state index is 11.8. The minimum Gasteiger partial charge on any atom is -0.480 e. The van der Waals surface area contributed by atoms with Crippen LogP contribution in [0.25, 0.3) is 0 Å². The zero-order valence-corrected chi connectivity index (χ0v) is 10.6. The number of amides is 1. The summed E-state index contributed by atoms with van der Waals surface area (Å²) in [6.45, 7) is 0. The molecule has 0 saturated carbocycles. The maximum atomic E-state index is 11.8. The third-order valence-corrected chi connectivity index (χ3v) is 3.82. The van der Waals surface area contributed by atoms with E-state index in [9.17, 15) is 19.8 Å². The van der Waals surface area contributed by atoms with E-state index < -0.39 is 18.2 Å². The van der Waals surface area contributed by atoms with E-state index in [1.807, 2.05) is 16.8 Å². The fourth-order valence-corrected chi connectivity index (χ4v) is 2.87. The first-order valence-corrected chi connectivity index (χ1v) is 6.77. The van der Waals surface area contributed by atoms with Crippen molar-refractivity contribution >= 4 is 23.2 Å². The third-order valence-electron chi connectivity index (χ3n) is 3.09. The number of carbonyl (C=O) groups is 2. The van der Waals surface area contributed by atoms with Gasteiger partial charge in [-0.2, -0.15) is 11.3 Å². The molecule has 2 atom stereocenters. The number of aliphatic hydroxyl groups is 1. The van der Waals surface area contributed by atoms with E-state index in [0.29, 0.717) is 19.3 Å². The van der Waals surface area contributed by atoms with Crippen LogP contribution in [0.15, 0.2) is 16.8 Å². The molecule has 1 aliphatic rings. The van der Waals surface area contributed by atoms with Crippen LogP contribution >= 0.6 is 11.3 Å². The average molecular weight is 269 g/mol. The average Bonchev–Trinajstić information content (AvgIpc) is 2.80. The minimum atomic E-state index is -1.07. The number of carbonyl (C=O) groups excluding carboxylic acids is 1. The van der Waals surface area contributed by atoms with Gasteiger partial charge in [0.1, 0.15) is 12.3 Å². The van der Waals surface area contributed by atoms with Gasteiger partial charge in [-0.15, -0.1) is 0 Å². The second-order valence-electron chi connectivity index (χ2n) is 4.36. The number of likely N-dealkylation sites (tertiary alicyclic amines) is 1. The quantitative estimate of drug-likeness (QED) is 0.857. The van der Waals surface area contributed by atoms with Crippen molar-refractivity contribution in [1.82, 2.24) is 4.90 Å². The topological polar surface area (TPSA) is 77.8 Å². The Morgan fingerprint density at radius 1 is 1.61 bits per heavy atom. The monoisotopic (exact) mass is 269 g/mol. The molecule has 2 unspecified atom stereocenters. The van der Waals surface area contributed by atoms with Crippen molar-refractivity contribution in [2.45, 2.75) is 38.0 Å². The molecule has 0 spiro atoms. The van der Waals surface area contributed by atoms with Crippen LogP contribution in [0, 0.1) is 0 Å². The Hall–Kier alpha value is -1.40. The number of rotatable bonds is 4. The van der Waals surface area contributed by atoms with E-state index in [1.54, 1.807) is 0 Å². The van der Waals surface area contributed by atoms with Gasteiger partial charge in [-0.25, -0.2) is 4.79 Å². The van der Waals surface area contributed by atoms with Crippen LogP contribution in [0.5, 0.6) is 0 Å². The Labute approximate surface area is 109 Å². The zero-order chi connectivity index (χ0) is 13.1. The number of carboxylic acids is 1. The highest BCUT2D eigenvalue weighted by atomic mass is 32.1. The van der Waals surface area contributed by atoms with Crippen LogP contribution in [0.4, 0.5) is 0 Å². The van der Waals surface area contributed by atoms with Crippen LogP contribution in [0.2, 0.25) is 0 Å². The van der Waals surface area contributed by atoms with Gasteiger partial charge in [-0.05, 0) is 35.2 Å². The summed E-state index contributed by atoms with van der Waals surface area (Å²) in [4.78, 5) is 24.2. The van der Waals surface area contributed by atoms with Crippen LogP contribution in [0.1, 0.15) is 24.8 Å².